The summed E-state index contributed by atoms with van der Waals surface area (Å²) < 4.78 is 4.95. The van der Waals surface area contributed by atoms with Crippen molar-refractivity contribution in [3.05, 3.63) is 70.0 Å². The van der Waals surface area contributed by atoms with Crippen LogP contribution in [-0.2, 0) is 14.3 Å². The first kappa shape index (κ1) is 19.8. The van der Waals surface area contributed by atoms with E-state index in [1.54, 1.807) is 19.2 Å². The molecule has 3 rings (SSSR count). The van der Waals surface area contributed by atoms with Gasteiger partial charge in [-0.15, -0.1) is 0 Å². The number of aryl methyl sites for hydroxylation is 1. The Bertz CT molecular complexity index is 1080. The number of rotatable bonds is 5. The first-order chi connectivity index (χ1) is 13.4. The number of carbonyl (C=O) groups is 2. The number of carbonyl (C=O) groups excluding carboxylic acids is 2. The summed E-state index contributed by atoms with van der Waals surface area (Å²) in [6.07, 6.45) is 4.52. The molecule has 0 fully saturated rings. The number of anilines is 1. The Balaban J connectivity index is 1.59. The summed E-state index contributed by atoms with van der Waals surface area (Å²) >= 11 is 11.9. The third-order valence-corrected chi connectivity index (χ3v) is 4.44. The summed E-state index contributed by atoms with van der Waals surface area (Å²) in [5, 5.41) is 4.02. The molecule has 0 bridgehead atoms. The van der Waals surface area contributed by atoms with Crippen molar-refractivity contribution in [2.45, 2.75) is 6.92 Å². The van der Waals surface area contributed by atoms with Gasteiger partial charge in [-0.3, -0.25) is 9.78 Å². The Kier molecular flexibility index (Phi) is 6.23. The zero-order chi connectivity index (χ0) is 20.1. The van der Waals surface area contributed by atoms with Crippen molar-refractivity contribution < 1.29 is 14.3 Å². The number of para-hydroxylation sites is 1. The van der Waals surface area contributed by atoms with Crippen molar-refractivity contribution in [1.29, 1.82) is 0 Å². The third kappa shape index (κ3) is 4.85. The predicted molar refractivity (Wildman–Crippen MR) is 109 cm³/mol. The van der Waals surface area contributed by atoms with Gasteiger partial charge in [-0.25, -0.2) is 9.78 Å². The first-order valence-corrected chi connectivity index (χ1v) is 9.00. The lowest BCUT2D eigenvalue weighted by Gasteiger charge is -2.08. The second kappa shape index (κ2) is 8.82. The molecule has 0 radical (unpaired) electrons. The van der Waals surface area contributed by atoms with Gasteiger partial charge in [-0.2, -0.15) is 0 Å². The molecular formula is C20H15Cl2N3O3. The largest absolute Gasteiger partial charge is 0.452 e. The SMILES string of the molecule is Cc1nc(NC(=O)COC(=O)/C=C/c2cccc3cccnc23)c(Cl)cc1Cl. The van der Waals surface area contributed by atoms with Gasteiger partial charge in [-0.05, 0) is 25.1 Å². The molecule has 0 aliphatic heterocycles. The maximum Gasteiger partial charge on any atom is 0.331 e. The molecular weight excluding hydrogens is 401 g/mol. The predicted octanol–water partition coefficient (Wildman–Crippen LogP) is 4.44. The lowest BCUT2D eigenvalue weighted by Crippen LogP contribution is -2.21. The fourth-order valence-corrected chi connectivity index (χ4v) is 2.83. The highest BCUT2D eigenvalue weighted by Crippen LogP contribution is 2.25. The van der Waals surface area contributed by atoms with Gasteiger partial charge in [0, 0.05) is 23.2 Å². The number of benzene rings is 1. The van der Waals surface area contributed by atoms with E-state index in [0.717, 1.165) is 16.5 Å². The van der Waals surface area contributed by atoms with Crippen LogP contribution in [0.3, 0.4) is 0 Å². The number of aromatic nitrogens is 2. The average Bonchev–Trinajstić information content (AvgIpc) is 2.69. The molecule has 8 heteroatoms. The molecule has 2 aromatic heterocycles. The van der Waals surface area contributed by atoms with Crippen molar-refractivity contribution in [1.82, 2.24) is 9.97 Å². The highest BCUT2D eigenvalue weighted by molar-refractivity contribution is 6.36. The molecule has 1 amide bonds. The monoisotopic (exact) mass is 415 g/mol. The lowest BCUT2D eigenvalue weighted by atomic mass is 10.1. The van der Waals surface area contributed by atoms with Crippen LogP contribution in [0.4, 0.5) is 5.82 Å². The molecule has 0 atom stereocenters. The summed E-state index contributed by atoms with van der Waals surface area (Å²) in [4.78, 5) is 32.3. The van der Waals surface area contributed by atoms with E-state index in [1.807, 2.05) is 30.3 Å². The molecule has 0 saturated carbocycles. The first-order valence-electron chi connectivity index (χ1n) is 8.25. The van der Waals surface area contributed by atoms with Crippen LogP contribution in [0.15, 0.2) is 48.7 Å². The number of fused-ring (bicyclic) bond motifs is 1. The molecule has 142 valence electrons. The van der Waals surface area contributed by atoms with Crippen LogP contribution in [0.1, 0.15) is 11.3 Å². The zero-order valence-corrected chi connectivity index (χ0v) is 16.3. The molecule has 28 heavy (non-hydrogen) atoms. The maximum atomic E-state index is 12.0. The van der Waals surface area contributed by atoms with Gasteiger partial charge in [0.2, 0.25) is 0 Å². The number of esters is 1. The fraction of sp³-hybridized carbons (Fsp3) is 0.100. The number of hydrogen-bond acceptors (Lipinski definition) is 5. The number of nitrogens with zero attached hydrogens (tertiary/aromatic N) is 2. The van der Waals surface area contributed by atoms with E-state index in [9.17, 15) is 9.59 Å². The second-order valence-corrected chi connectivity index (χ2v) is 6.61. The molecule has 0 unspecified atom stereocenters. The minimum Gasteiger partial charge on any atom is -0.452 e. The minimum atomic E-state index is -0.658. The van der Waals surface area contributed by atoms with E-state index in [2.05, 4.69) is 15.3 Å². The molecule has 0 aliphatic rings. The van der Waals surface area contributed by atoms with Gasteiger partial charge in [0.25, 0.3) is 5.91 Å². The van der Waals surface area contributed by atoms with E-state index in [0.29, 0.717) is 10.7 Å². The van der Waals surface area contributed by atoms with E-state index in [-0.39, 0.29) is 10.8 Å². The lowest BCUT2D eigenvalue weighted by molar-refractivity contribution is -0.142. The number of hydrogen-bond donors (Lipinski definition) is 1. The highest BCUT2D eigenvalue weighted by Gasteiger charge is 2.11. The standard InChI is InChI=1S/C20H15Cl2N3O3/c1-12-15(21)10-16(22)20(24-12)25-17(26)11-28-18(27)8-7-14-5-2-4-13-6-3-9-23-19(13)14/h2-10H,11H2,1H3,(H,24,25,26)/b8-7+. The van der Waals surface area contributed by atoms with Gasteiger partial charge >= 0.3 is 5.97 Å². The molecule has 1 aromatic carbocycles. The fourth-order valence-electron chi connectivity index (χ4n) is 2.42. The van der Waals surface area contributed by atoms with Crippen LogP contribution in [-0.4, -0.2) is 28.5 Å². The average molecular weight is 416 g/mol. The summed E-state index contributed by atoms with van der Waals surface area (Å²) in [5.41, 5.74) is 2.06. The Morgan fingerprint density at radius 3 is 2.79 bits per heavy atom. The van der Waals surface area contributed by atoms with Crippen LogP contribution in [0.2, 0.25) is 10.0 Å². The Hall–Kier alpha value is -2.96. The van der Waals surface area contributed by atoms with Gasteiger partial charge in [-0.1, -0.05) is 47.5 Å². The van der Waals surface area contributed by atoms with Crippen LogP contribution < -0.4 is 5.32 Å². The van der Waals surface area contributed by atoms with Crippen LogP contribution in [0.5, 0.6) is 0 Å². The van der Waals surface area contributed by atoms with E-state index < -0.39 is 18.5 Å². The summed E-state index contributed by atoms with van der Waals surface area (Å²) in [6, 6.07) is 10.9. The van der Waals surface area contributed by atoms with E-state index >= 15 is 0 Å². The van der Waals surface area contributed by atoms with Gasteiger partial charge in [0.15, 0.2) is 12.4 Å². The van der Waals surface area contributed by atoms with Crippen LogP contribution in [0, 0.1) is 6.92 Å². The van der Waals surface area contributed by atoms with E-state index in [4.69, 9.17) is 27.9 Å². The van der Waals surface area contributed by atoms with Crippen molar-refractivity contribution in [2.75, 3.05) is 11.9 Å². The number of nitrogens with one attached hydrogen (secondary N) is 1. The highest BCUT2D eigenvalue weighted by atomic mass is 35.5. The van der Waals surface area contributed by atoms with Gasteiger partial charge in [0.05, 0.1) is 21.3 Å². The van der Waals surface area contributed by atoms with Crippen molar-refractivity contribution >= 4 is 57.9 Å². The van der Waals surface area contributed by atoms with E-state index in [1.165, 1.54) is 12.1 Å². The molecule has 0 saturated heterocycles. The van der Waals surface area contributed by atoms with Crippen molar-refractivity contribution in [3.8, 4) is 0 Å². The molecule has 3 aromatic rings. The van der Waals surface area contributed by atoms with Crippen molar-refractivity contribution in [2.24, 2.45) is 0 Å². The van der Waals surface area contributed by atoms with Gasteiger partial charge < -0.3 is 10.1 Å². The third-order valence-electron chi connectivity index (χ3n) is 3.77. The maximum absolute atomic E-state index is 12.0. The smallest absolute Gasteiger partial charge is 0.331 e. The Morgan fingerprint density at radius 1 is 1.18 bits per heavy atom. The molecule has 0 spiro atoms. The second-order valence-electron chi connectivity index (χ2n) is 5.80. The molecule has 0 aliphatic carbocycles. The quantitative estimate of drug-likeness (QED) is 0.491. The Labute approximate surface area is 171 Å². The van der Waals surface area contributed by atoms with Crippen molar-refractivity contribution in [3.63, 3.8) is 0 Å². The summed E-state index contributed by atoms with van der Waals surface area (Å²) in [7, 11) is 0. The van der Waals surface area contributed by atoms with Gasteiger partial charge in [0.1, 0.15) is 0 Å². The molecule has 1 N–H and O–H groups in total. The minimum absolute atomic E-state index is 0.155. The summed E-state index contributed by atoms with van der Waals surface area (Å²) in [5.74, 6) is -1.07. The number of amides is 1. The number of pyridine rings is 2. The summed E-state index contributed by atoms with van der Waals surface area (Å²) in [6.45, 7) is 1.21. The topological polar surface area (TPSA) is 81.2 Å². The van der Waals surface area contributed by atoms with Crippen LogP contribution in [0.25, 0.3) is 17.0 Å². The molecule has 6 nitrogen and oxygen atoms in total. The van der Waals surface area contributed by atoms with Crippen LogP contribution >= 0.6 is 23.2 Å². The normalized spacial score (nSPS) is 11.0. The number of halogens is 2. The number of ether oxygens (including phenoxy) is 1. The zero-order valence-electron chi connectivity index (χ0n) is 14.8. The Morgan fingerprint density at radius 2 is 1.96 bits per heavy atom. The molecule has 2 heterocycles.